The highest BCUT2D eigenvalue weighted by Crippen LogP contribution is 2.06. The molecule has 0 aliphatic heterocycles. The van der Waals surface area contributed by atoms with Crippen LogP contribution in [0.1, 0.15) is 11.1 Å². The van der Waals surface area contributed by atoms with Gasteiger partial charge in [0, 0.05) is 13.1 Å². The minimum absolute atomic E-state index is 0.926. The summed E-state index contributed by atoms with van der Waals surface area (Å²) < 4.78 is 39.0. The lowest BCUT2D eigenvalue weighted by molar-refractivity contribution is 0.368. The zero-order chi connectivity index (χ0) is 14.8. The van der Waals surface area contributed by atoms with Gasteiger partial charge in [-0.3, -0.25) is 0 Å². The largest absolute Gasteiger partial charge is 0.673 e. The molecule has 0 aromatic heterocycles. The number of nitrogens with one attached hydrogen (secondary N) is 1. The highest BCUT2D eigenvalue weighted by molar-refractivity contribution is 6.50. The van der Waals surface area contributed by atoms with Crippen molar-refractivity contribution in [2.75, 3.05) is 0 Å². The summed E-state index contributed by atoms with van der Waals surface area (Å²) in [5.41, 5.74) is 2.65. The molecule has 0 aliphatic rings. The van der Waals surface area contributed by atoms with E-state index >= 15 is 0 Å². The molecule has 0 bridgehead atoms. The molecule has 0 saturated carbocycles. The van der Waals surface area contributed by atoms with E-state index in [9.17, 15) is 17.3 Å². The number of hydrogen-bond acceptors (Lipinski definition) is 1. The van der Waals surface area contributed by atoms with Crippen LogP contribution in [0.3, 0.4) is 0 Å². The third-order valence-corrected chi connectivity index (χ3v) is 2.34. The van der Waals surface area contributed by atoms with E-state index in [1.807, 2.05) is 12.1 Å². The Kier molecular flexibility index (Phi) is 6.80. The normalized spacial score (nSPS) is 10.6. The molecule has 1 nitrogen and oxygen atoms in total. The summed E-state index contributed by atoms with van der Waals surface area (Å²) >= 11 is 0. The van der Waals surface area contributed by atoms with E-state index in [4.69, 9.17) is 0 Å². The minimum Gasteiger partial charge on any atom is -0.418 e. The van der Waals surface area contributed by atoms with Crippen LogP contribution >= 0.6 is 0 Å². The number of hydrogen-bond donors (Lipinski definition) is 1. The van der Waals surface area contributed by atoms with Crippen LogP contribution in [0, 0.1) is 0 Å². The van der Waals surface area contributed by atoms with Crippen LogP contribution < -0.4 is 5.32 Å². The van der Waals surface area contributed by atoms with Gasteiger partial charge in [0.05, 0.1) is 0 Å². The summed E-state index contributed by atoms with van der Waals surface area (Å²) in [7, 11) is -6.00. The lowest BCUT2D eigenvalue weighted by Crippen LogP contribution is -2.12. The van der Waals surface area contributed by atoms with Crippen LogP contribution in [0.25, 0.3) is 0 Å². The summed E-state index contributed by atoms with van der Waals surface area (Å²) in [4.78, 5) is 0. The van der Waals surface area contributed by atoms with Crippen LogP contribution in [0.4, 0.5) is 17.3 Å². The average Bonchev–Trinajstić information content (AvgIpc) is 2.39. The average molecular weight is 284 g/mol. The summed E-state index contributed by atoms with van der Waals surface area (Å²) in [5.74, 6) is 0. The van der Waals surface area contributed by atoms with Crippen LogP contribution in [0.5, 0.6) is 0 Å². The molecule has 2 aromatic rings. The Hall–Kier alpha value is -1.82. The van der Waals surface area contributed by atoms with Crippen molar-refractivity contribution >= 4 is 7.25 Å². The Labute approximate surface area is 115 Å². The van der Waals surface area contributed by atoms with Crippen molar-refractivity contribution in [3.8, 4) is 0 Å². The van der Waals surface area contributed by atoms with E-state index in [-0.39, 0.29) is 0 Å². The molecular weight excluding hydrogens is 269 g/mol. The minimum atomic E-state index is -6.00. The monoisotopic (exact) mass is 284 g/mol. The predicted octanol–water partition coefficient (Wildman–Crippen LogP) is 4.28. The summed E-state index contributed by atoms with van der Waals surface area (Å²) in [6, 6.07) is 20.9. The van der Waals surface area contributed by atoms with Crippen molar-refractivity contribution < 1.29 is 17.3 Å². The SMILES string of the molecule is F[B-](F)(F)F.c1ccc(CNCc2ccccc2)cc1. The van der Waals surface area contributed by atoms with Crippen molar-refractivity contribution in [2.45, 2.75) is 13.1 Å². The Balaban J connectivity index is 0.000000347. The van der Waals surface area contributed by atoms with Gasteiger partial charge in [0.1, 0.15) is 0 Å². The number of rotatable bonds is 4. The Morgan fingerprint density at radius 2 is 0.950 bits per heavy atom. The van der Waals surface area contributed by atoms with Gasteiger partial charge in [0.2, 0.25) is 0 Å². The zero-order valence-electron chi connectivity index (χ0n) is 10.8. The summed E-state index contributed by atoms with van der Waals surface area (Å²) in [6.07, 6.45) is 0. The van der Waals surface area contributed by atoms with Gasteiger partial charge in [-0.15, -0.1) is 0 Å². The molecule has 0 unspecified atom stereocenters. The van der Waals surface area contributed by atoms with E-state index < -0.39 is 7.25 Å². The van der Waals surface area contributed by atoms with Crippen molar-refractivity contribution in [2.24, 2.45) is 0 Å². The van der Waals surface area contributed by atoms with Crippen molar-refractivity contribution in [3.05, 3.63) is 71.8 Å². The molecular formula is C14H15BF4N-. The Morgan fingerprint density at radius 3 is 1.25 bits per heavy atom. The first-order valence-corrected chi connectivity index (χ1v) is 6.11. The molecule has 2 aromatic carbocycles. The van der Waals surface area contributed by atoms with Gasteiger partial charge >= 0.3 is 7.25 Å². The van der Waals surface area contributed by atoms with E-state index in [0.29, 0.717) is 0 Å². The van der Waals surface area contributed by atoms with Crippen LogP contribution in [0.15, 0.2) is 60.7 Å². The molecule has 108 valence electrons. The van der Waals surface area contributed by atoms with E-state index in [0.717, 1.165) is 13.1 Å². The fraction of sp³-hybridized carbons (Fsp3) is 0.143. The van der Waals surface area contributed by atoms with Gasteiger partial charge < -0.3 is 22.6 Å². The first kappa shape index (κ1) is 16.2. The first-order chi connectivity index (χ1) is 9.45. The maximum atomic E-state index is 9.75. The highest BCUT2D eigenvalue weighted by Gasteiger charge is 2.20. The lowest BCUT2D eigenvalue weighted by Gasteiger charge is -2.04. The maximum Gasteiger partial charge on any atom is 0.673 e. The fourth-order valence-corrected chi connectivity index (χ4v) is 1.54. The van der Waals surface area contributed by atoms with Crippen molar-refractivity contribution in [3.63, 3.8) is 0 Å². The van der Waals surface area contributed by atoms with Gasteiger partial charge in [-0.05, 0) is 11.1 Å². The molecule has 0 radical (unpaired) electrons. The molecule has 20 heavy (non-hydrogen) atoms. The topological polar surface area (TPSA) is 12.0 Å². The second kappa shape index (κ2) is 8.37. The third-order valence-electron chi connectivity index (χ3n) is 2.34. The van der Waals surface area contributed by atoms with E-state index in [1.54, 1.807) is 0 Å². The fourth-order valence-electron chi connectivity index (χ4n) is 1.54. The molecule has 6 heteroatoms. The molecule has 1 N–H and O–H groups in total. The smallest absolute Gasteiger partial charge is 0.418 e. The molecule has 0 amide bonds. The van der Waals surface area contributed by atoms with E-state index in [2.05, 4.69) is 53.8 Å². The Morgan fingerprint density at radius 1 is 0.650 bits per heavy atom. The second-order valence-electron chi connectivity index (χ2n) is 4.07. The summed E-state index contributed by atoms with van der Waals surface area (Å²) in [6.45, 7) is 1.85. The van der Waals surface area contributed by atoms with Crippen molar-refractivity contribution in [1.29, 1.82) is 0 Å². The third kappa shape index (κ3) is 9.16. The van der Waals surface area contributed by atoms with Gasteiger partial charge in [0.15, 0.2) is 0 Å². The predicted molar refractivity (Wildman–Crippen MR) is 73.6 cm³/mol. The van der Waals surface area contributed by atoms with Gasteiger partial charge in [-0.25, -0.2) is 0 Å². The number of halogens is 4. The van der Waals surface area contributed by atoms with Crippen molar-refractivity contribution in [1.82, 2.24) is 5.32 Å². The van der Waals surface area contributed by atoms with Gasteiger partial charge in [-0.1, -0.05) is 60.7 Å². The molecule has 0 fully saturated rings. The Bertz CT molecular complexity index is 428. The molecule has 0 saturated heterocycles. The standard InChI is InChI=1S/C14H15N.BF4/c1-3-7-13(8-4-1)11-15-12-14-9-5-2-6-10-14;2-1(3,4)5/h1-10,15H,11-12H2;/q;-1. The first-order valence-electron chi connectivity index (χ1n) is 6.11. The zero-order valence-corrected chi connectivity index (χ0v) is 10.8. The molecule has 0 heterocycles. The molecule has 2 rings (SSSR count). The maximum absolute atomic E-state index is 9.75. The number of benzene rings is 2. The molecule has 0 aliphatic carbocycles. The highest BCUT2D eigenvalue weighted by atomic mass is 19.5. The van der Waals surface area contributed by atoms with Crippen LogP contribution in [-0.4, -0.2) is 7.25 Å². The second-order valence-corrected chi connectivity index (χ2v) is 4.07. The van der Waals surface area contributed by atoms with Crippen LogP contribution in [0.2, 0.25) is 0 Å². The van der Waals surface area contributed by atoms with Gasteiger partial charge in [0.25, 0.3) is 0 Å². The van der Waals surface area contributed by atoms with E-state index in [1.165, 1.54) is 11.1 Å². The van der Waals surface area contributed by atoms with Gasteiger partial charge in [-0.2, -0.15) is 0 Å². The lowest BCUT2D eigenvalue weighted by atomic mass is 10.2. The molecule has 0 atom stereocenters. The molecule has 0 spiro atoms. The van der Waals surface area contributed by atoms with Crippen LogP contribution in [-0.2, 0) is 13.1 Å². The summed E-state index contributed by atoms with van der Waals surface area (Å²) in [5, 5.41) is 3.42. The quantitative estimate of drug-likeness (QED) is 0.652.